The monoisotopic (exact) mass is 343 g/mol. The summed E-state index contributed by atoms with van der Waals surface area (Å²) in [5.41, 5.74) is 0.510. The van der Waals surface area contributed by atoms with Gasteiger partial charge in [-0.15, -0.1) is 11.8 Å². The number of halogens is 3. The zero-order chi connectivity index (χ0) is 16.1. The van der Waals surface area contributed by atoms with Crippen molar-refractivity contribution in [2.24, 2.45) is 0 Å². The number of carbonyl (C=O) groups excluding carboxylic acids is 1. The standard InChI is InChI=1S/C15H12ClF2NO2S/c1-21-13-4-3-10(7-11(13)16)19-15(20)8-22-14-5-2-9(17)6-12(14)18/h2-7H,8H2,1H3,(H,19,20). The molecule has 0 radical (unpaired) electrons. The second-order valence-corrected chi connectivity index (χ2v) is 5.69. The van der Waals surface area contributed by atoms with Gasteiger partial charge in [0.15, 0.2) is 0 Å². The lowest BCUT2D eigenvalue weighted by Crippen LogP contribution is -2.14. The Labute approximate surface area is 135 Å². The van der Waals surface area contributed by atoms with E-state index in [-0.39, 0.29) is 16.6 Å². The minimum atomic E-state index is -0.690. The Morgan fingerprint density at radius 2 is 2.05 bits per heavy atom. The molecule has 0 unspecified atom stereocenters. The number of amides is 1. The van der Waals surface area contributed by atoms with Gasteiger partial charge in [0.1, 0.15) is 17.4 Å². The second kappa shape index (κ2) is 7.47. The predicted molar refractivity (Wildman–Crippen MR) is 83.7 cm³/mol. The first kappa shape index (κ1) is 16.6. The summed E-state index contributed by atoms with van der Waals surface area (Å²) in [4.78, 5) is 12.0. The third kappa shape index (κ3) is 4.35. The quantitative estimate of drug-likeness (QED) is 0.820. The first-order chi connectivity index (χ1) is 10.5. The molecule has 0 heterocycles. The number of benzene rings is 2. The lowest BCUT2D eigenvalue weighted by Gasteiger charge is -2.08. The maximum atomic E-state index is 13.4. The summed E-state index contributed by atoms with van der Waals surface area (Å²) in [6.07, 6.45) is 0. The van der Waals surface area contributed by atoms with E-state index in [1.165, 1.54) is 13.2 Å². The molecule has 0 fully saturated rings. The van der Waals surface area contributed by atoms with Crippen LogP contribution in [0, 0.1) is 11.6 Å². The molecule has 0 spiro atoms. The van der Waals surface area contributed by atoms with E-state index in [1.807, 2.05) is 0 Å². The summed E-state index contributed by atoms with van der Waals surface area (Å²) in [6.45, 7) is 0. The zero-order valence-electron chi connectivity index (χ0n) is 11.5. The molecule has 2 aromatic rings. The van der Waals surface area contributed by atoms with Gasteiger partial charge < -0.3 is 10.1 Å². The molecule has 3 nitrogen and oxygen atoms in total. The van der Waals surface area contributed by atoms with Crippen LogP contribution in [-0.2, 0) is 4.79 Å². The lowest BCUT2D eigenvalue weighted by atomic mass is 10.3. The maximum Gasteiger partial charge on any atom is 0.234 e. The van der Waals surface area contributed by atoms with E-state index >= 15 is 0 Å². The zero-order valence-corrected chi connectivity index (χ0v) is 13.1. The van der Waals surface area contributed by atoms with Crippen LogP contribution in [0.15, 0.2) is 41.3 Å². The van der Waals surface area contributed by atoms with E-state index in [0.717, 1.165) is 23.9 Å². The van der Waals surface area contributed by atoms with Crippen molar-refractivity contribution in [3.63, 3.8) is 0 Å². The Morgan fingerprint density at radius 3 is 2.68 bits per heavy atom. The molecule has 0 atom stereocenters. The SMILES string of the molecule is COc1ccc(NC(=O)CSc2ccc(F)cc2F)cc1Cl. The number of anilines is 1. The van der Waals surface area contributed by atoms with Gasteiger partial charge in [-0.3, -0.25) is 4.79 Å². The normalized spacial score (nSPS) is 10.4. The van der Waals surface area contributed by atoms with Crippen molar-refractivity contribution in [1.82, 2.24) is 0 Å². The number of rotatable bonds is 5. The van der Waals surface area contributed by atoms with Crippen LogP contribution in [-0.4, -0.2) is 18.8 Å². The first-order valence-electron chi connectivity index (χ1n) is 6.21. The summed E-state index contributed by atoms with van der Waals surface area (Å²) >= 11 is 6.94. The number of carbonyl (C=O) groups is 1. The lowest BCUT2D eigenvalue weighted by molar-refractivity contribution is -0.113. The maximum absolute atomic E-state index is 13.4. The van der Waals surface area contributed by atoms with Gasteiger partial charge in [0, 0.05) is 16.6 Å². The van der Waals surface area contributed by atoms with Crippen molar-refractivity contribution >= 4 is 35.0 Å². The fourth-order valence-electron chi connectivity index (χ4n) is 1.68. The molecule has 0 saturated carbocycles. The molecule has 2 aromatic carbocycles. The topological polar surface area (TPSA) is 38.3 Å². The van der Waals surface area contributed by atoms with Crippen molar-refractivity contribution < 1.29 is 18.3 Å². The van der Waals surface area contributed by atoms with Gasteiger partial charge >= 0.3 is 0 Å². The number of hydrogen-bond donors (Lipinski definition) is 1. The molecule has 0 aliphatic carbocycles. The first-order valence-corrected chi connectivity index (χ1v) is 7.57. The van der Waals surface area contributed by atoms with Crippen LogP contribution in [0.2, 0.25) is 5.02 Å². The van der Waals surface area contributed by atoms with Crippen LogP contribution in [0.5, 0.6) is 5.75 Å². The molecule has 0 saturated heterocycles. The third-order valence-electron chi connectivity index (χ3n) is 2.69. The van der Waals surface area contributed by atoms with Gasteiger partial charge in [0.2, 0.25) is 5.91 Å². The average molecular weight is 344 g/mol. The van der Waals surface area contributed by atoms with Crippen molar-refractivity contribution in [3.8, 4) is 5.75 Å². The largest absolute Gasteiger partial charge is 0.495 e. The highest BCUT2D eigenvalue weighted by atomic mass is 35.5. The van der Waals surface area contributed by atoms with Crippen LogP contribution in [0.3, 0.4) is 0 Å². The fraction of sp³-hybridized carbons (Fsp3) is 0.133. The summed E-state index contributed by atoms with van der Waals surface area (Å²) < 4.78 is 31.2. The number of methoxy groups -OCH3 is 1. The Hall–Kier alpha value is -1.79. The summed E-state index contributed by atoms with van der Waals surface area (Å²) in [7, 11) is 1.49. The van der Waals surface area contributed by atoms with E-state index in [4.69, 9.17) is 16.3 Å². The molecule has 116 valence electrons. The molecular formula is C15H12ClF2NO2S. The third-order valence-corrected chi connectivity index (χ3v) is 4.03. The number of hydrogen-bond acceptors (Lipinski definition) is 3. The van der Waals surface area contributed by atoms with Crippen molar-refractivity contribution in [2.45, 2.75) is 4.90 Å². The Balaban J connectivity index is 1.94. The molecule has 0 aliphatic rings. The van der Waals surface area contributed by atoms with Crippen LogP contribution < -0.4 is 10.1 Å². The van der Waals surface area contributed by atoms with E-state index in [0.29, 0.717) is 16.5 Å². The van der Waals surface area contributed by atoms with Gasteiger partial charge in [-0.05, 0) is 30.3 Å². The van der Waals surface area contributed by atoms with Crippen molar-refractivity contribution in [2.75, 3.05) is 18.2 Å². The molecule has 7 heteroatoms. The highest BCUT2D eigenvalue weighted by Gasteiger charge is 2.09. The van der Waals surface area contributed by atoms with Crippen LogP contribution in [0.25, 0.3) is 0 Å². The van der Waals surface area contributed by atoms with E-state index in [9.17, 15) is 13.6 Å². The molecule has 22 heavy (non-hydrogen) atoms. The van der Waals surface area contributed by atoms with E-state index < -0.39 is 11.6 Å². The Kier molecular flexibility index (Phi) is 5.63. The predicted octanol–water partition coefficient (Wildman–Crippen LogP) is 4.36. The Bertz CT molecular complexity index is 697. The van der Waals surface area contributed by atoms with Gasteiger partial charge in [-0.2, -0.15) is 0 Å². The van der Waals surface area contributed by atoms with Crippen LogP contribution in [0.4, 0.5) is 14.5 Å². The summed E-state index contributed by atoms with van der Waals surface area (Å²) in [5.74, 6) is -1.17. The average Bonchev–Trinajstić information content (AvgIpc) is 2.46. The highest BCUT2D eigenvalue weighted by Crippen LogP contribution is 2.27. The van der Waals surface area contributed by atoms with E-state index in [2.05, 4.69) is 5.32 Å². The van der Waals surface area contributed by atoms with Crippen LogP contribution >= 0.6 is 23.4 Å². The molecule has 0 aromatic heterocycles. The number of nitrogens with one attached hydrogen (secondary N) is 1. The minimum absolute atomic E-state index is 0.00774. The molecule has 0 aliphatic heterocycles. The van der Waals surface area contributed by atoms with Gasteiger partial charge in [-0.1, -0.05) is 11.6 Å². The van der Waals surface area contributed by atoms with Gasteiger partial charge in [0.25, 0.3) is 0 Å². The van der Waals surface area contributed by atoms with Crippen LogP contribution in [0.1, 0.15) is 0 Å². The molecule has 1 amide bonds. The van der Waals surface area contributed by atoms with Crippen molar-refractivity contribution in [1.29, 1.82) is 0 Å². The Morgan fingerprint density at radius 1 is 1.27 bits per heavy atom. The second-order valence-electron chi connectivity index (χ2n) is 4.26. The van der Waals surface area contributed by atoms with Gasteiger partial charge in [-0.25, -0.2) is 8.78 Å². The number of ether oxygens (including phenoxy) is 1. The highest BCUT2D eigenvalue weighted by molar-refractivity contribution is 8.00. The number of thioether (sulfide) groups is 1. The molecule has 1 N–H and O–H groups in total. The fourth-order valence-corrected chi connectivity index (χ4v) is 2.65. The minimum Gasteiger partial charge on any atom is -0.495 e. The van der Waals surface area contributed by atoms with Crippen molar-refractivity contribution in [3.05, 3.63) is 53.1 Å². The smallest absolute Gasteiger partial charge is 0.234 e. The van der Waals surface area contributed by atoms with E-state index in [1.54, 1.807) is 18.2 Å². The van der Waals surface area contributed by atoms with Gasteiger partial charge in [0.05, 0.1) is 17.9 Å². The molecule has 2 rings (SSSR count). The molecule has 0 bridgehead atoms. The summed E-state index contributed by atoms with van der Waals surface area (Å²) in [6, 6.07) is 8.06. The molecular weight excluding hydrogens is 332 g/mol. The summed E-state index contributed by atoms with van der Waals surface area (Å²) in [5, 5.41) is 3.01.